The normalized spacial score (nSPS) is 13.0. The Balaban J connectivity index is 1.67. The first-order chi connectivity index (χ1) is 20.1. The Morgan fingerprint density at radius 1 is 0.488 bits per heavy atom. The van der Waals surface area contributed by atoms with Crippen molar-refractivity contribution in [1.82, 2.24) is 0 Å². The number of nitrogens with two attached hydrogens (primary N) is 1. The molecular formula is C26H19N5O9S3. The van der Waals surface area contributed by atoms with Gasteiger partial charge < -0.3 is 5.73 Å². The summed E-state index contributed by atoms with van der Waals surface area (Å²) in [6, 6.07) is 18.7. The number of fused-ring (bicyclic) bond motifs is 2. The molecule has 0 amide bonds. The highest BCUT2D eigenvalue weighted by atomic mass is 32.2. The molecular weight excluding hydrogens is 623 g/mol. The molecule has 5 aromatic carbocycles. The first kappa shape index (κ1) is 29.8. The Kier molecular flexibility index (Phi) is 7.55. The highest BCUT2D eigenvalue weighted by Crippen LogP contribution is 2.39. The number of nitrogens with zero attached hydrogens (tertiary/aromatic N) is 4. The maximum atomic E-state index is 11.9. The van der Waals surface area contributed by atoms with Crippen LogP contribution in [0, 0.1) is 0 Å². The van der Waals surface area contributed by atoms with E-state index >= 15 is 0 Å². The molecule has 0 radical (unpaired) electrons. The largest absolute Gasteiger partial charge is 0.398 e. The van der Waals surface area contributed by atoms with Gasteiger partial charge in [0.05, 0.1) is 22.0 Å². The van der Waals surface area contributed by atoms with Crippen molar-refractivity contribution in [1.29, 1.82) is 0 Å². The van der Waals surface area contributed by atoms with Crippen molar-refractivity contribution in [3.63, 3.8) is 0 Å². The number of anilines is 1. The first-order valence-electron chi connectivity index (χ1n) is 11.9. The third-order valence-electron chi connectivity index (χ3n) is 6.20. The lowest BCUT2D eigenvalue weighted by molar-refractivity contribution is 0.481. The Hall–Kier alpha value is -4.65. The Bertz CT molecular complexity index is 2340. The fraction of sp³-hybridized carbons (Fsp3) is 0. The maximum Gasteiger partial charge on any atom is 0.296 e. The van der Waals surface area contributed by atoms with Gasteiger partial charge in [-0.2, -0.15) is 25.3 Å². The summed E-state index contributed by atoms with van der Waals surface area (Å²) in [4.78, 5) is -1.36. The van der Waals surface area contributed by atoms with Crippen LogP contribution in [0.2, 0.25) is 0 Å². The average molecular weight is 642 g/mol. The summed E-state index contributed by atoms with van der Waals surface area (Å²) in [6.07, 6.45) is 0. The predicted molar refractivity (Wildman–Crippen MR) is 157 cm³/mol. The van der Waals surface area contributed by atoms with E-state index in [-0.39, 0.29) is 50.0 Å². The zero-order valence-corrected chi connectivity index (χ0v) is 23.9. The van der Waals surface area contributed by atoms with E-state index in [1.165, 1.54) is 66.7 Å². The maximum absolute atomic E-state index is 11.9. The van der Waals surface area contributed by atoms with E-state index in [0.29, 0.717) is 0 Å². The molecule has 0 fully saturated rings. The van der Waals surface area contributed by atoms with Crippen LogP contribution in [-0.4, -0.2) is 38.9 Å². The van der Waals surface area contributed by atoms with E-state index in [2.05, 4.69) is 20.5 Å². The van der Waals surface area contributed by atoms with Crippen LogP contribution in [0.3, 0.4) is 0 Å². The molecule has 17 heteroatoms. The highest BCUT2D eigenvalue weighted by molar-refractivity contribution is 7.86. The smallest absolute Gasteiger partial charge is 0.296 e. The van der Waals surface area contributed by atoms with E-state index in [9.17, 15) is 38.9 Å². The fourth-order valence-corrected chi connectivity index (χ4v) is 6.16. The van der Waals surface area contributed by atoms with Crippen molar-refractivity contribution in [3.8, 4) is 0 Å². The average Bonchev–Trinajstić information content (AvgIpc) is 2.94. The Morgan fingerprint density at radius 3 is 1.65 bits per heavy atom. The van der Waals surface area contributed by atoms with Gasteiger partial charge in [-0.05, 0) is 54.6 Å². The summed E-state index contributed by atoms with van der Waals surface area (Å²) in [5.74, 6) is 0. The number of nitrogen functional groups attached to an aromatic ring is 1. The van der Waals surface area contributed by atoms with Gasteiger partial charge in [-0.15, -0.1) is 20.5 Å². The van der Waals surface area contributed by atoms with E-state index in [1.54, 1.807) is 0 Å². The second kappa shape index (κ2) is 10.9. The van der Waals surface area contributed by atoms with Gasteiger partial charge in [0, 0.05) is 27.2 Å². The van der Waals surface area contributed by atoms with Crippen LogP contribution in [0.4, 0.5) is 28.4 Å². The summed E-state index contributed by atoms with van der Waals surface area (Å²) in [5.41, 5.74) is 6.32. The van der Waals surface area contributed by atoms with Gasteiger partial charge in [0.25, 0.3) is 30.4 Å². The number of hydrogen-bond acceptors (Lipinski definition) is 11. The summed E-state index contributed by atoms with van der Waals surface area (Å²) in [5, 5.41) is 17.2. The molecule has 5 aromatic rings. The van der Waals surface area contributed by atoms with Crippen LogP contribution in [0.15, 0.2) is 120 Å². The molecule has 220 valence electrons. The van der Waals surface area contributed by atoms with Gasteiger partial charge in [0.15, 0.2) is 0 Å². The van der Waals surface area contributed by atoms with Gasteiger partial charge in [-0.1, -0.05) is 30.3 Å². The molecule has 0 saturated heterocycles. The third-order valence-corrected chi connectivity index (χ3v) is 8.85. The molecule has 14 nitrogen and oxygen atoms in total. The minimum Gasteiger partial charge on any atom is -0.398 e. The monoisotopic (exact) mass is 641 g/mol. The molecule has 5 rings (SSSR count). The van der Waals surface area contributed by atoms with E-state index < -0.39 is 45.0 Å². The topological polar surface area (TPSA) is 239 Å². The van der Waals surface area contributed by atoms with Crippen molar-refractivity contribution in [3.05, 3.63) is 84.9 Å². The van der Waals surface area contributed by atoms with Crippen LogP contribution < -0.4 is 5.73 Å². The number of benzene rings is 5. The molecule has 0 unspecified atom stereocenters. The first-order valence-corrected chi connectivity index (χ1v) is 16.2. The van der Waals surface area contributed by atoms with Crippen LogP contribution in [0.5, 0.6) is 0 Å². The van der Waals surface area contributed by atoms with Crippen LogP contribution in [0.1, 0.15) is 0 Å². The van der Waals surface area contributed by atoms with Crippen molar-refractivity contribution in [2.24, 2.45) is 20.5 Å². The zero-order valence-electron chi connectivity index (χ0n) is 21.5. The van der Waals surface area contributed by atoms with Gasteiger partial charge in [0.1, 0.15) is 15.5 Å². The molecule has 0 aliphatic heterocycles. The quantitative estimate of drug-likeness (QED) is 0.0898. The van der Waals surface area contributed by atoms with Gasteiger partial charge in [0.2, 0.25) is 0 Å². The number of azo groups is 2. The molecule has 0 saturated carbocycles. The van der Waals surface area contributed by atoms with Gasteiger partial charge >= 0.3 is 0 Å². The minimum absolute atomic E-state index is 0.0286. The third kappa shape index (κ3) is 6.12. The second-order valence-electron chi connectivity index (χ2n) is 8.96. The van der Waals surface area contributed by atoms with Crippen molar-refractivity contribution < 1.29 is 38.9 Å². The van der Waals surface area contributed by atoms with Crippen molar-refractivity contribution in [2.75, 3.05) is 5.73 Å². The lowest BCUT2D eigenvalue weighted by Gasteiger charge is -2.09. The molecule has 0 atom stereocenters. The molecule has 0 spiro atoms. The Labute approximate surface area is 244 Å². The molecule has 0 aliphatic rings. The van der Waals surface area contributed by atoms with E-state index in [1.807, 2.05) is 0 Å². The second-order valence-corrected chi connectivity index (χ2v) is 13.2. The summed E-state index contributed by atoms with van der Waals surface area (Å²) in [7, 11) is -13.9. The van der Waals surface area contributed by atoms with Gasteiger partial charge in [-0.25, -0.2) is 0 Å². The van der Waals surface area contributed by atoms with E-state index in [0.717, 1.165) is 18.2 Å². The predicted octanol–water partition coefficient (Wildman–Crippen LogP) is 6.15. The summed E-state index contributed by atoms with van der Waals surface area (Å²) < 4.78 is 99.8. The van der Waals surface area contributed by atoms with Crippen molar-refractivity contribution >= 4 is 80.3 Å². The van der Waals surface area contributed by atoms with Crippen LogP contribution in [0.25, 0.3) is 21.5 Å². The molecule has 0 bridgehead atoms. The molecule has 5 N–H and O–H groups in total. The zero-order chi connectivity index (χ0) is 31.2. The summed E-state index contributed by atoms with van der Waals surface area (Å²) >= 11 is 0. The molecule has 43 heavy (non-hydrogen) atoms. The minimum atomic E-state index is -4.64. The fourth-order valence-electron chi connectivity index (χ4n) is 4.29. The van der Waals surface area contributed by atoms with Crippen molar-refractivity contribution in [2.45, 2.75) is 14.7 Å². The Morgan fingerprint density at radius 2 is 1.02 bits per heavy atom. The lowest BCUT2D eigenvalue weighted by Crippen LogP contribution is -2.01. The molecule has 0 aliphatic carbocycles. The molecule has 0 heterocycles. The standard InChI is InChI=1S/C26H19N5O9S3/c27-19-10-11-21(17-4-3-7-25(26(17)19)43(38,39)40)29-30-22-13-12-20(16-9-8-15(14-18(16)22)41(32,33)34)28-31-23-5-1-2-6-24(23)42(35,36)37/h1-14H,27H2,(H,32,33,34)(H,35,36,37)(H,38,39,40). The van der Waals surface area contributed by atoms with Gasteiger partial charge in [-0.3, -0.25) is 13.7 Å². The molecule has 0 aromatic heterocycles. The highest BCUT2D eigenvalue weighted by Gasteiger charge is 2.19. The SMILES string of the molecule is Nc1ccc(N=Nc2ccc(N=Nc3ccccc3S(=O)(=O)O)c3ccc(S(=O)(=O)O)cc23)c2cccc(S(=O)(=O)O)c12. The van der Waals surface area contributed by atoms with Crippen LogP contribution >= 0.6 is 0 Å². The number of rotatable bonds is 7. The lowest BCUT2D eigenvalue weighted by atomic mass is 10.1. The van der Waals surface area contributed by atoms with E-state index in [4.69, 9.17) is 5.73 Å². The number of hydrogen-bond donors (Lipinski definition) is 4. The van der Waals surface area contributed by atoms with Crippen LogP contribution in [-0.2, 0) is 30.4 Å². The summed E-state index contributed by atoms with van der Waals surface area (Å²) in [6.45, 7) is 0.